The van der Waals surface area contributed by atoms with Crippen molar-refractivity contribution in [3.05, 3.63) is 0 Å². The molecule has 0 heterocycles. The molecule has 0 bridgehead atoms. The number of carbonyl (C=O) groups excluding carboxylic acids is 3. The summed E-state index contributed by atoms with van der Waals surface area (Å²) in [5.74, 6) is -4.94. The van der Waals surface area contributed by atoms with Gasteiger partial charge in [0.2, 0.25) is 17.7 Å². The molecule has 11 nitrogen and oxygen atoms in total. The third-order valence-corrected chi connectivity index (χ3v) is 3.08. The zero-order valence-electron chi connectivity index (χ0n) is 12.8. The Bertz CT molecular complexity index is 514. The molecule has 0 aromatic heterocycles. The number of carboxylic acids is 2. The minimum atomic E-state index is -1.32. The zero-order chi connectivity index (χ0) is 18.9. The van der Waals surface area contributed by atoms with E-state index in [2.05, 4.69) is 28.6 Å². The van der Waals surface area contributed by atoms with Gasteiger partial charge in [0.25, 0.3) is 0 Å². The number of rotatable bonds is 10. The van der Waals surface area contributed by atoms with Crippen LogP contribution in [0.1, 0.15) is 13.3 Å². The summed E-state index contributed by atoms with van der Waals surface area (Å²) in [6, 6.07) is -3.52. The SMILES string of the molecule is CC(NC(=O)C(N)CC(=O)O)C(=O)NC(CS)C(=O)NCC(=O)O. The van der Waals surface area contributed by atoms with Crippen LogP contribution in [0, 0.1) is 0 Å². The van der Waals surface area contributed by atoms with Crippen molar-refractivity contribution in [1.29, 1.82) is 0 Å². The maximum absolute atomic E-state index is 11.9. The molecule has 12 heteroatoms. The molecule has 0 saturated carbocycles. The van der Waals surface area contributed by atoms with Gasteiger partial charge in [0, 0.05) is 5.75 Å². The van der Waals surface area contributed by atoms with E-state index in [4.69, 9.17) is 15.9 Å². The molecule has 0 rings (SSSR count). The molecule has 136 valence electrons. The lowest BCUT2D eigenvalue weighted by molar-refractivity contribution is -0.139. The molecule has 3 atom stereocenters. The normalized spacial score (nSPS) is 14.0. The van der Waals surface area contributed by atoms with Crippen molar-refractivity contribution in [3.63, 3.8) is 0 Å². The summed E-state index contributed by atoms with van der Waals surface area (Å²) >= 11 is 3.89. The molecular formula is C12H20N4O7S. The van der Waals surface area contributed by atoms with Crippen molar-refractivity contribution in [2.75, 3.05) is 12.3 Å². The second-order valence-electron chi connectivity index (χ2n) is 4.79. The minimum absolute atomic E-state index is 0.101. The highest BCUT2D eigenvalue weighted by Gasteiger charge is 2.25. The fourth-order valence-electron chi connectivity index (χ4n) is 1.44. The second-order valence-corrected chi connectivity index (χ2v) is 5.16. The van der Waals surface area contributed by atoms with Crippen molar-refractivity contribution in [2.45, 2.75) is 31.5 Å². The number of nitrogens with one attached hydrogen (secondary N) is 3. The largest absolute Gasteiger partial charge is 0.481 e. The summed E-state index contributed by atoms with van der Waals surface area (Å²) in [4.78, 5) is 56.1. The van der Waals surface area contributed by atoms with E-state index in [1.54, 1.807) is 0 Å². The molecule has 0 aliphatic carbocycles. The minimum Gasteiger partial charge on any atom is -0.481 e. The Morgan fingerprint density at radius 1 is 1.00 bits per heavy atom. The molecule has 0 saturated heterocycles. The topological polar surface area (TPSA) is 188 Å². The van der Waals surface area contributed by atoms with Crippen molar-refractivity contribution < 1.29 is 34.2 Å². The second kappa shape index (κ2) is 10.4. The molecular weight excluding hydrogens is 344 g/mol. The summed E-state index contributed by atoms with van der Waals surface area (Å²) in [6.07, 6.45) is -0.600. The van der Waals surface area contributed by atoms with E-state index >= 15 is 0 Å². The Hall–Kier alpha value is -2.34. The number of aliphatic carboxylic acids is 2. The van der Waals surface area contributed by atoms with Crippen LogP contribution in [0.15, 0.2) is 0 Å². The van der Waals surface area contributed by atoms with E-state index in [9.17, 15) is 24.0 Å². The average Bonchev–Trinajstić information content (AvgIpc) is 2.48. The molecule has 0 aromatic rings. The van der Waals surface area contributed by atoms with Crippen LogP contribution in [0.25, 0.3) is 0 Å². The molecule has 24 heavy (non-hydrogen) atoms. The summed E-state index contributed by atoms with van der Waals surface area (Å²) in [5.41, 5.74) is 5.35. The van der Waals surface area contributed by atoms with Gasteiger partial charge >= 0.3 is 11.9 Å². The van der Waals surface area contributed by atoms with Gasteiger partial charge in [-0.15, -0.1) is 0 Å². The Morgan fingerprint density at radius 2 is 1.58 bits per heavy atom. The van der Waals surface area contributed by atoms with Gasteiger partial charge in [-0.1, -0.05) is 0 Å². The summed E-state index contributed by atoms with van der Waals surface area (Å²) in [7, 11) is 0. The maximum Gasteiger partial charge on any atom is 0.322 e. The number of carbonyl (C=O) groups is 5. The van der Waals surface area contributed by atoms with Crippen LogP contribution in [0.5, 0.6) is 0 Å². The number of hydrogen-bond donors (Lipinski definition) is 7. The number of amides is 3. The van der Waals surface area contributed by atoms with E-state index in [1.165, 1.54) is 6.92 Å². The fraction of sp³-hybridized carbons (Fsp3) is 0.583. The average molecular weight is 364 g/mol. The number of carboxylic acid groups (broad SMARTS) is 2. The molecule has 7 N–H and O–H groups in total. The summed E-state index contributed by atoms with van der Waals surface area (Å²) in [6.45, 7) is 0.695. The zero-order valence-corrected chi connectivity index (χ0v) is 13.7. The first kappa shape index (κ1) is 21.7. The van der Waals surface area contributed by atoms with Crippen molar-refractivity contribution in [1.82, 2.24) is 16.0 Å². The third kappa shape index (κ3) is 8.33. The molecule has 0 aliphatic heterocycles. The molecule has 0 aliphatic rings. The predicted octanol–water partition coefficient (Wildman–Crippen LogP) is -3.09. The molecule has 0 radical (unpaired) electrons. The van der Waals surface area contributed by atoms with Crippen LogP contribution in [-0.4, -0.2) is 70.3 Å². The highest BCUT2D eigenvalue weighted by Crippen LogP contribution is 1.94. The van der Waals surface area contributed by atoms with E-state index in [1.807, 2.05) is 0 Å². The van der Waals surface area contributed by atoms with Crippen LogP contribution < -0.4 is 21.7 Å². The Morgan fingerprint density at radius 3 is 2.04 bits per heavy atom. The van der Waals surface area contributed by atoms with Crippen LogP contribution in [0.4, 0.5) is 0 Å². The highest BCUT2D eigenvalue weighted by molar-refractivity contribution is 7.80. The fourth-order valence-corrected chi connectivity index (χ4v) is 1.70. The number of nitrogens with two attached hydrogens (primary N) is 1. The van der Waals surface area contributed by atoms with Crippen LogP contribution in [0.2, 0.25) is 0 Å². The molecule has 3 amide bonds. The van der Waals surface area contributed by atoms with Crippen molar-refractivity contribution in [3.8, 4) is 0 Å². The number of hydrogen-bond acceptors (Lipinski definition) is 7. The quantitative estimate of drug-likeness (QED) is 0.198. The predicted molar refractivity (Wildman–Crippen MR) is 84.3 cm³/mol. The van der Waals surface area contributed by atoms with E-state index in [-0.39, 0.29) is 5.75 Å². The van der Waals surface area contributed by atoms with E-state index < -0.39 is 60.8 Å². The van der Waals surface area contributed by atoms with Gasteiger partial charge in [-0.05, 0) is 6.92 Å². The van der Waals surface area contributed by atoms with Crippen molar-refractivity contribution >= 4 is 42.3 Å². The summed E-state index contributed by atoms with van der Waals surface area (Å²) < 4.78 is 0. The molecule has 0 spiro atoms. The Balaban J connectivity index is 4.55. The number of thiol groups is 1. The van der Waals surface area contributed by atoms with Gasteiger partial charge in [0.05, 0.1) is 12.5 Å². The van der Waals surface area contributed by atoms with E-state index in [0.717, 1.165) is 0 Å². The lowest BCUT2D eigenvalue weighted by Crippen LogP contribution is -2.55. The molecule has 0 fully saturated rings. The summed E-state index contributed by atoms with van der Waals surface area (Å²) in [5, 5.41) is 23.6. The van der Waals surface area contributed by atoms with Crippen LogP contribution in [0.3, 0.4) is 0 Å². The third-order valence-electron chi connectivity index (χ3n) is 2.71. The lowest BCUT2D eigenvalue weighted by atomic mass is 10.2. The van der Waals surface area contributed by atoms with E-state index in [0.29, 0.717) is 0 Å². The van der Waals surface area contributed by atoms with Crippen molar-refractivity contribution in [2.24, 2.45) is 5.73 Å². The first-order valence-corrected chi connectivity index (χ1v) is 7.40. The highest BCUT2D eigenvalue weighted by atomic mass is 32.1. The monoisotopic (exact) mass is 364 g/mol. The van der Waals surface area contributed by atoms with Gasteiger partial charge in [0.1, 0.15) is 18.6 Å². The van der Waals surface area contributed by atoms with Crippen LogP contribution >= 0.6 is 12.6 Å². The van der Waals surface area contributed by atoms with Gasteiger partial charge in [-0.2, -0.15) is 12.6 Å². The van der Waals surface area contributed by atoms with Crippen LogP contribution in [-0.2, 0) is 24.0 Å². The van der Waals surface area contributed by atoms with Gasteiger partial charge in [-0.25, -0.2) is 0 Å². The standard InChI is InChI=1S/C12H20N4O7S/c1-5(15-11(22)6(13)2-8(17)18)10(21)16-7(4-24)12(23)14-3-9(19)20/h5-7,24H,2-4,13H2,1H3,(H,14,23)(H,15,22)(H,16,21)(H,17,18)(H,19,20). The first-order chi connectivity index (χ1) is 11.1. The maximum atomic E-state index is 11.9. The first-order valence-electron chi connectivity index (χ1n) is 6.77. The Kier molecular flexibility index (Phi) is 9.42. The smallest absolute Gasteiger partial charge is 0.322 e. The Labute approximate surface area is 142 Å². The van der Waals surface area contributed by atoms with Gasteiger partial charge < -0.3 is 31.9 Å². The molecule has 0 aromatic carbocycles. The lowest BCUT2D eigenvalue weighted by Gasteiger charge is -2.20. The molecule has 3 unspecified atom stereocenters. The van der Waals surface area contributed by atoms with Gasteiger partial charge in [-0.3, -0.25) is 24.0 Å². The van der Waals surface area contributed by atoms with Gasteiger partial charge in [0.15, 0.2) is 0 Å².